The summed E-state index contributed by atoms with van der Waals surface area (Å²) in [6.45, 7) is 0. The van der Waals surface area contributed by atoms with E-state index in [4.69, 9.17) is 10.2 Å². The summed E-state index contributed by atoms with van der Waals surface area (Å²) in [7, 11) is 0. The smallest absolute Gasteiger partial charge is 0.291 e. The van der Waals surface area contributed by atoms with E-state index in [1.165, 1.54) is 6.26 Å². The van der Waals surface area contributed by atoms with Crippen molar-refractivity contribution in [3.05, 3.63) is 48.4 Å². The molecule has 7 heteroatoms. The third-order valence-electron chi connectivity index (χ3n) is 4.00. The standard InChI is InChI=1S/C17H19N3O3.ClH/c18-12-4-3-11(10-12)16(21)19-13-5-7-14(8-6-13)20-17(22)15-2-1-9-23-15;/h1-2,5-9,11-12H,3-4,10,18H2,(H,19,21)(H,20,22);1H. The largest absolute Gasteiger partial charge is 0.459 e. The van der Waals surface area contributed by atoms with Crippen LogP contribution in [0, 0.1) is 5.92 Å². The first kappa shape index (κ1) is 18.0. The molecule has 24 heavy (non-hydrogen) atoms. The molecule has 0 radical (unpaired) electrons. The lowest BCUT2D eigenvalue weighted by Crippen LogP contribution is -2.23. The van der Waals surface area contributed by atoms with Gasteiger partial charge in [0.05, 0.1) is 6.26 Å². The van der Waals surface area contributed by atoms with E-state index in [2.05, 4.69) is 10.6 Å². The summed E-state index contributed by atoms with van der Waals surface area (Å²) in [5.41, 5.74) is 7.17. The molecule has 0 bridgehead atoms. The number of halogens is 1. The van der Waals surface area contributed by atoms with Crippen molar-refractivity contribution in [3.8, 4) is 0 Å². The van der Waals surface area contributed by atoms with Gasteiger partial charge >= 0.3 is 0 Å². The minimum Gasteiger partial charge on any atom is -0.459 e. The van der Waals surface area contributed by atoms with Crippen molar-refractivity contribution in [2.24, 2.45) is 11.7 Å². The van der Waals surface area contributed by atoms with Gasteiger partial charge in [0.1, 0.15) is 0 Å². The van der Waals surface area contributed by atoms with Crippen LogP contribution in [0.2, 0.25) is 0 Å². The lowest BCUT2D eigenvalue weighted by molar-refractivity contribution is -0.119. The number of anilines is 2. The predicted octanol–water partition coefficient (Wildman–Crippen LogP) is 3.02. The summed E-state index contributed by atoms with van der Waals surface area (Å²) in [4.78, 5) is 24.0. The number of hydrogen-bond donors (Lipinski definition) is 3. The fraction of sp³-hybridized carbons (Fsp3) is 0.294. The van der Waals surface area contributed by atoms with E-state index in [0.717, 1.165) is 19.3 Å². The van der Waals surface area contributed by atoms with Gasteiger partial charge in [-0.05, 0) is 55.7 Å². The highest BCUT2D eigenvalue weighted by Gasteiger charge is 2.27. The van der Waals surface area contributed by atoms with Crippen molar-refractivity contribution in [2.75, 3.05) is 10.6 Å². The molecular formula is C17H20ClN3O3. The van der Waals surface area contributed by atoms with Gasteiger partial charge in [-0.3, -0.25) is 9.59 Å². The molecule has 1 aromatic heterocycles. The van der Waals surface area contributed by atoms with Gasteiger partial charge in [0.15, 0.2) is 5.76 Å². The molecular weight excluding hydrogens is 330 g/mol. The Hall–Kier alpha value is -2.31. The second-order valence-corrected chi connectivity index (χ2v) is 5.77. The summed E-state index contributed by atoms with van der Waals surface area (Å²) < 4.78 is 5.03. The highest BCUT2D eigenvalue weighted by molar-refractivity contribution is 6.02. The van der Waals surface area contributed by atoms with Crippen molar-refractivity contribution >= 4 is 35.6 Å². The first-order chi connectivity index (χ1) is 11.1. The Morgan fingerprint density at radius 2 is 1.71 bits per heavy atom. The van der Waals surface area contributed by atoms with E-state index in [0.29, 0.717) is 11.4 Å². The predicted molar refractivity (Wildman–Crippen MR) is 94.3 cm³/mol. The average molecular weight is 350 g/mol. The second kappa shape index (κ2) is 7.99. The topological polar surface area (TPSA) is 97.4 Å². The molecule has 1 aromatic carbocycles. The Bertz CT molecular complexity index is 686. The van der Waals surface area contributed by atoms with E-state index in [1.54, 1.807) is 36.4 Å². The number of amides is 2. The van der Waals surface area contributed by atoms with Crippen LogP contribution in [0.1, 0.15) is 29.8 Å². The van der Waals surface area contributed by atoms with Crippen molar-refractivity contribution < 1.29 is 14.0 Å². The Labute approximate surface area is 146 Å². The third kappa shape index (κ3) is 4.37. The molecule has 2 amide bonds. The van der Waals surface area contributed by atoms with Crippen LogP contribution in [0.5, 0.6) is 0 Å². The van der Waals surface area contributed by atoms with Crippen LogP contribution in [-0.4, -0.2) is 17.9 Å². The fourth-order valence-corrected chi connectivity index (χ4v) is 2.74. The summed E-state index contributed by atoms with van der Waals surface area (Å²) in [5.74, 6) is -0.0691. The molecule has 1 saturated carbocycles. The number of carbonyl (C=O) groups excluding carboxylic acids is 2. The van der Waals surface area contributed by atoms with E-state index >= 15 is 0 Å². The van der Waals surface area contributed by atoms with Crippen LogP contribution in [0.4, 0.5) is 11.4 Å². The first-order valence-electron chi connectivity index (χ1n) is 7.63. The van der Waals surface area contributed by atoms with Crippen molar-refractivity contribution in [1.29, 1.82) is 0 Å². The summed E-state index contributed by atoms with van der Waals surface area (Å²) in [6, 6.07) is 10.4. The molecule has 4 N–H and O–H groups in total. The van der Waals surface area contributed by atoms with Gasteiger partial charge in [-0.2, -0.15) is 0 Å². The van der Waals surface area contributed by atoms with Crippen LogP contribution in [0.25, 0.3) is 0 Å². The molecule has 0 saturated heterocycles. The molecule has 1 fully saturated rings. The van der Waals surface area contributed by atoms with E-state index < -0.39 is 0 Å². The molecule has 0 spiro atoms. The van der Waals surface area contributed by atoms with Gasteiger partial charge in [0.2, 0.25) is 5.91 Å². The zero-order chi connectivity index (χ0) is 16.2. The maximum absolute atomic E-state index is 12.1. The van der Waals surface area contributed by atoms with Crippen LogP contribution in [0.3, 0.4) is 0 Å². The monoisotopic (exact) mass is 349 g/mol. The van der Waals surface area contributed by atoms with E-state index in [9.17, 15) is 9.59 Å². The quantitative estimate of drug-likeness (QED) is 0.790. The number of nitrogens with one attached hydrogen (secondary N) is 2. The molecule has 2 atom stereocenters. The number of hydrogen-bond acceptors (Lipinski definition) is 4. The van der Waals surface area contributed by atoms with Gasteiger partial charge in [0.25, 0.3) is 5.91 Å². The molecule has 3 rings (SSSR count). The Morgan fingerprint density at radius 3 is 2.25 bits per heavy atom. The molecule has 2 aromatic rings. The van der Waals surface area contributed by atoms with Crippen LogP contribution >= 0.6 is 12.4 Å². The van der Waals surface area contributed by atoms with Gasteiger partial charge in [-0.1, -0.05) is 0 Å². The molecule has 6 nitrogen and oxygen atoms in total. The molecule has 128 valence electrons. The highest BCUT2D eigenvalue weighted by atomic mass is 35.5. The van der Waals surface area contributed by atoms with Gasteiger partial charge in [-0.25, -0.2) is 0 Å². The second-order valence-electron chi connectivity index (χ2n) is 5.77. The fourth-order valence-electron chi connectivity index (χ4n) is 2.74. The number of benzene rings is 1. The van der Waals surface area contributed by atoms with Crippen molar-refractivity contribution in [2.45, 2.75) is 25.3 Å². The van der Waals surface area contributed by atoms with Crippen molar-refractivity contribution in [3.63, 3.8) is 0 Å². The summed E-state index contributed by atoms with van der Waals surface area (Å²) in [5, 5.41) is 5.61. The third-order valence-corrected chi connectivity index (χ3v) is 4.00. The molecule has 0 aliphatic heterocycles. The maximum atomic E-state index is 12.1. The highest BCUT2D eigenvalue weighted by Crippen LogP contribution is 2.25. The van der Waals surface area contributed by atoms with Crippen molar-refractivity contribution in [1.82, 2.24) is 0 Å². The lowest BCUT2D eigenvalue weighted by atomic mass is 10.1. The van der Waals surface area contributed by atoms with Gasteiger partial charge in [-0.15, -0.1) is 12.4 Å². The minimum absolute atomic E-state index is 0. The normalized spacial score (nSPS) is 19.4. The number of rotatable bonds is 4. The zero-order valence-electron chi connectivity index (χ0n) is 13.0. The van der Waals surface area contributed by atoms with E-state index in [1.807, 2.05) is 0 Å². The summed E-state index contributed by atoms with van der Waals surface area (Å²) >= 11 is 0. The molecule has 1 aliphatic rings. The minimum atomic E-state index is -0.313. The molecule has 1 aliphatic carbocycles. The van der Waals surface area contributed by atoms with Gasteiger partial charge in [0, 0.05) is 23.3 Å². The number of carbonyl (C=O) groups is 2. The number of furan rings is 1. The SMILES string of the molecule is Cl.NC1CCC(C(=O)Nc2ccc(NC(=O)c3ccco3)cc2)C1. The van der Waals surface area contributed by atoms with Gasteiger partial charge < -0.3 is 20.8 Å². The maximum Gasteiger partial charge on any atom is 0.291 e. The average Bonchev–Trinajstić information content (AvgIpc) is 3.20. The Morgan fingerprint density at radius 1 is 1.04 bits per heavy atom. The van der Waals surface area contributed by atoms with E-state index in [-0.39, 0.29) is 41.9 Å². The van der Waals surface area contributed by atoms with Crippen LogP contribution in [-0.2, 0) is 4.79 Å². The number of nitrogens with two attached hydrogens (primary N) is 1. The van der Waals surface area contributed by atoms with Crippen LogP contribution in [0.15, 0.2) is 47.1 Å². The Balaban J connectivity index is 0.00000208. The summed E-state index contributed by atoms with van der Waals surface area (Å²) in [6.07, 6.45) is 3.92. The Kier molecular flexibility index (Phi) is 6.00. The molecule has 1 heterocycles. The lowest BCUT2D eigenvalue weighted by Gasteiger charge is -2.11. The van der Waals surface area contributed by atoms with Crippen LogP contribution < -0.4 is 16.4 Å². The molecule has 2 unspecified atom stereocenters. The zero-order valence-corrected chi connectivity index (χ0v) is 13.8. The first-order valence-corrected chi connectivity index (χ1v) is 7.63.